The molecule has 0 aliphatic heterocycles. The van der Waals surface area contributed by atoms with Gasteiger partial charge in [0, 0.05) is 12.0 Å². The molecule has 0 heterocycles. The average Bonchev–Trinajstić information content (AvgIpc) is 2.71. The Morgan fingerprint density at radius 2 is 1.56 bits per heavy atom. The molecule has 2 aromatic carbocycles. The van der Waals surface area contributed by atoms with Crippen molar-refractivity contribution in [3.63, 3.8) is 0 Å². The Hall–Kier alpha value is -2.46. The third-order valence-electron chi connectivity index (χ3n) is 4.69. The molecular weight excluding hydrogens is 340 g/mol. The topological polar surface area (TPSA) is 63.6 Å². The third kappa shape index (κ3) is 6.33. The Labute approximate surface area is 161 Å². The fraction of sp³-hybridized carbons (Fsp3) is 0.391. The van der Waals surface area contributed by atoms with Crippen LogP contribution in [0.5, 0.6) is 0 Å². The number of benzene rings is 2. The number of aliphatic hydroxyl groups is 1. The summed E-state index contributed by atoms with van der Waals surface area (Å²) in [6, 6.07) is 14.1. The van der Waals surface area contributed by atoms with Gasteiger partial charge in [-0.3, -0.25) is 4.79 Å². The SMILES string of the molecule is CCCCCCc1ccc(C(O)CC(=O)c2ccc(C(=O)OC)cc2)cc1. The summed E-state index contributed by atoms with van der Waals surface area (Å²) in [5.74, 6) is -0.605. The zero-order valence-electron chi connectivity index (χ0n) is 16.1. The van der Waals surface area contributed by atoms with E-state index in [-0.39, 0.29) is 12.2 Å². The van der Waals surface area contributed by atoms with Crippen molar-refractivity contribution in [2.45, 2.75) is 51.6 Å². The number of carbonyl (C=O) groups excluding carboxylic acids is 2. The van der Waals surface area contributed by atoms with E-state index in [4.69, 9.17) is 0 Å². The normalized spacial score (nSPS) is 11.8. The van der Waals surface area contributed by atoms with Crippen molar-refractivity contribution in [1.82, 2.24) is 0 Å². The zero-order chi connectivity index (χ0) is 19.6. The van der Waals surface area contributed by atoms with E-state index in [1.54, 1.807) is 24.3 Å². The Morgan fingerprint density at radius 1 is 0.926 bits per heavy atom. The highest BCUT2D eigenvalue weighted by atomic mass is 16.5. The van der Waals surface area contributed by atoms with Crippen molar-refractivity contribution in [1.29, 1.82) is 0 Å². The summed E-state index contributed by atoms with van der Waals surface area (Å²) in [5.41, 5.74) is 2.86. The number of ether oxygens (including phenoxy) is 1. The molecule has 0 aliphatic carbocycles. The standard InChI is InChI=1S/C23H28O4/c1-3-4-5-6-7-17-8-10-18(11-9-17)21(24)16-22(25)19-12-14-20(15-13-19)23(26)27-2/h8-15,21,24H,3-7,16H2,1-2H3. The first-order valence-corrected chi connectivity index (χ1v) is 9.53. The smallest absolute Gasteiger partial charge is 0.337 e. The number of unbranched alkanes of at least 4 members (excludes halogenated alkanes) is 3. The van der Waals surface area contributed by atoms with Gasteiger partial charge in [0.25, 0.3) is 0 Å². The summed E-state index contributed by atoms with van der Waals surface area (Å²) < 4.78 is 4.64. The summed E-state index contributed by atoms with van der Waals surface area (Å²) in [7, 11) is 1.31. The van der Waals surface area contributed by atoms with Gasteiger partial charge in [0.1, 0.15) is 0 Å². The molecular formula is C23H28O4. The molecule has 0 aliphatic rings. The number of rotatable bonds is 10. The molecule has 0 saturated carbocycles. The molecule has 144 valence electrons. The number of methoxy groups -OCH3 is 1. The maximum Gasteiger partial charge on any atom is 0.337 e. The van der Waals surface area contributed by atoms with Crippen LogP contribution in [0.4, 0.5) is 0 Å². The molecule has 0 amide bonds. The largest absolute Gasteiger partial charge is 0.465 e. The van der Waals surface area contributed by atoms with Crippen molar-refractivity contribution in [2.24, 2.45) is 0 Å². The lowest BCUT2D eigenvalue weighted by atomic mass is 9.97. The van der Waals surface area contributed by atoms with Crippen LogP contribution in [0.15, 0.2) is 48.5 Å². The van der Waals surface area contributed by atoms with E-state index < -0.39 is 12.1 Å². The Morgan fingerprint density at radius 3 is 2.15 bits per heavy atom. The molecule has 4 heteroatoms. The Balaban J connectivity index is 1.90. The molecule has 0 fully saturated rings. The van der Waals surface area contributed by atoms with Gasteiger partial charge in [-0.2, -0.15) is 0 Å². The van der Waals surface area contributed by atoms with Crippen LogP contribution in [0.25, 0.3) is 0 Å². The van der Waals surface area contributed by atoms with Gasteiger partial charge in [0.15, 0.2) is 5.78 Å². The summed E-state index contributed by atoms with van der Waals surface area (Å²) in [6.07, 6.45) is 5.12. The molecule has 0 spiro atoms. The lowest BCUT2D eigenvalue weighted by molar-refractivity contribution is 0.0600. The van der Waals surface area contributed by atoms with Crippen molar-refractivity contribution >= 4 is 11.8 Å². The predicted octanol–water partition coefficient (Wildman–Crippen LogP) is 4.90. The second kappa shape index (κ2) is 10.6. The highest BCUT2D eigenvalue weighted by molar-refractivity contribution is 5.97. The first kappa shape index (κ1) is 20.8. The first-order valence-electron chi connectivity index (χ1n) is 9.53. The van der Waals surface area contributed by atoms with Crippen molar-refractivity contribution in [3.05, 3.63) is 70.8 Å². The second-order valence-corrected chi connectivity index (χ2v) is 6.76. The molecule has 1 unspecified atom stereocenters. The number of esters is 1. The van der Waals surface area contributed by atoms with Crippen molar-refractivity contribution in [3.8, 4) is 0 Å². The van der Waals surface area contributed by atoms with E-state index in [1.165, 1.54) is 38.4 Å². The molecule has 1 N–H and O–H groups in total. The number of aliphatic hydroxyl groups excluding tert-OH is 1. The van der Waals surface area contributed by atoms with Crippen LogP contribution in [-0.4, -0.2) is 24.0 Å². The van der Waals surface area contributed by atoms with Gasteiger partial charge < -0.3 is 9.84 Å². The van der Waals surface area contributed by atoms with Gasteiger partial charge in [-0.25, -0.2) is 4.79 Å². The van der Waals surface area contributed by atoms with Crippen LogP contribution >= 0.6 is 0 Å². The van der Waals surface area contributed by atoms with Gasteiger partial charge in [-0.15, -0.1) is 0 Å². The zero-order valence-corrected chi connectivity index (χ0v) is 16.1. The van der Waals surface area contributed by atoms with Gasteiger partial charge in [-0.1, -0.05) is 62.6 Å². The van der Waals surface area contributed by atoms with Crippen LogP contribution in [0, 0.1) is 0 Å². The lowest BCUT2D eigenvalue weighted by Crippen LogP contribution is -2.08. The van der Waals surface area contributed by atoms with Crippen LogP contribution in [-0.2, 0) is 11.2 Å². The van der Waals surface area contributed by atoms with Crippen molar-refractivity contribution in [2.75, 3.05) is 7.11 Å². The minimum absolute atomic E-state index is 0.00736. The minimum atomic E-state index is -0.841. The van der Waals surface area contributed by atoms with E-state index in [0.29, 0.717) is 11.1 Å². The molecule has 4 nitrogen and oxygen atoms in total. The van der Waals surface area contributed by atoms with Crippen LogP contribution in [0.1, 0.15) is 77.0 Å². The summed E-state index contributed by atoms with van der Waals surface area (Å²) in [6.45, 7) is 2.20. The summed E-state index contributed by atoms with van der Waals surface area (Å²) in [4.78, 5) is 23.8. The number of hydrogen-bond acceptors (Lipinski definition) is 4. The number of carbonyl (C=O) groups is 2. The van der Waals surface area contributed by atoms with Crippen LogP contribution in [0.3, 0.4) is 0 Å². The van der Waals surface area contributed by atoms with E-state index in [0.717, 1.165) is 12.0 Å². The van der Waals surface area contributed by atoms with Crippen LogP contribution < -0.4 is 0 Å². The lowest BCUT2D eigenvalue weighted by Gasteiger charge is -2.11. The molecule has 0 saturated heterocycles. The van der Waals surface area contributed by atoms with Gasteiger partial charge >= 0.3 is 5.97 Å². The molecule has 0 aromatic heterocycles. The second-order valence-electron chi connectivity index (χ2n) is 6.76. The minimum Gasteiger partial charge on any atom is -0.465 e. The molecule has 0 bridgehead atoms. The number of ketones is 1. The van der Waals surface area contributed by atoms with E-state index >= 15 is 0 Å². The highest BCUT2D eigenvalue weighted by Crippen LogP contribution is 2.21. The maximum atomic E-state index is 12.4. The van der Waals surface area contributed by atoms with Gasteiger partial charge in [0.2, 0.25) is 0 Å². The molecule has 1 atom stereocenters. The van der Waals surface area contributed by atoms with E-state index in [1.807, 2.05) is 24.3 Å². The van der Waals surface area contributed by atoms with E-state index in [9.17, 15) is 14.7 Å². The fourth-order valence-corrected chi connectivity index (χ4v) is 2.98. The van der Waals surface area contributed by atoms with Gasteiger partial charge in [0.05, 0.1) is 18.8 Å². The monoisotopic (exact) mass is 368 g/mol. The molecule has 2 aromatic rings. The van der Waals surface area contributed by atoms with Crippen LogP contribution in [0.2, 0.25) is 0 Å². The maximum absolute atomic E-state index is 12.4. The highest BCUT2D eigenvalue weighted by Gasteiger charge is 2.15. The molecule has 27 heavy (non-hydrogen) atoms. The molecule has 2 rings (SSSR count). The summed E-state index contributed by atoms with van der Waals surface area (Å²) >= 11 is 0. The summed E-state index contributed by atoms with van der Waals surface area (Å²) in [5, 5.41) is 10.4. The third-order valence-corrected chi connectivity index (χ3v) is 4.69. The first-order chi connectivity index (χ1) is 13.0. The quantitative estimate of drug-likeness (QED) is 0.368. The number of aryl methyl sites for hydroxylation is 1. The number of hydrogen-bond donors (Lipinski definition) is 1. The average molecular weight is 368 g/mol. The fourth-order valence-electron chi connectivity index (χ4n) is 2.98. The van der Waals surface area contributed by atoms with Crippen molar-refractivity contribution < 1.29 is 19.4 Å². The van der Waals surface area contributed by atoms with Gasteiger partial charge in [-0.05, 0) is 36.1 Å². The Bertz CT molecular complexity index is 732. The Kier molecular flexibility index (Phi) is 8.21. The van der Waals surface area contributed by atoms with E-state index in [2.05, 4.69) is 11.7 Å². The predicted molar refractivity (Wildman–Crippen MR) is 106 cm³/mol. The molecule has 0 radical (unpaired) electrons. The number of Topliss-reactive ketones (excluding diaryl/α,β-unsaturated/α-hetero) is 1.